The Morgan fingerprint density at radius 3 is 2.62 bits per heavy atom. The van der Waals surface area contributed by atoms with Gasteiger partial charge in [-0.1, -0.05) is 36.4 Å². The number of fused-ring (bicyclic) bond motifs is 1. The normalized spacial score (nSPS) is 17.0. The van der Waals surface area contributed by atoms with Gasteiger partial charge in [-0.3, -0.25) is 0 Å². The average Bonchev–Trinajstić information content (AvgIpc) is 2.48. The Labute approximate surface area is 87.5 Å². The van der Waals surface area contributed by atoms with Crippen LogP contribution >= 0.6 is 23.2 Å². The van der Waals surface area contributed by atoms with E-state index in [1.807, 2.05) is 24.3 Å². The van der Waals surface area contributed by atoms with Crippen molar-refractivity contribution < 1.29 is 0 Å². The van der Waals surface area contributed by atoms with Crippen molar-refractivity contribution >= 4 is 34.9 Å². The van der Waals surface area contributed by atoms with Crippen LogP contribution in [0.15, 0.2) is 36.4 Å². The fourth-order valence-electron chi connectivity index (χ4n) is 1.46. The smallest absolute Gasteiger partial charge is 0.101 e. The lowest BCUT2D eigenvalue weighted by Crippen LogP contribution is -1.83. The third-order valence-electron chi connectivity index (χ3n) is 2.02. The summed E-state index contributed by atoms with van der Waals surface area (Å²) >= 11 is 11.4. The Balaban J connectivity index is 2.44. The van der Waals surface area contributed by atoms with Crippen LogP contribution in [0, 0.1) is 0 Å². The van der Waals surface area contributed by atoms with Crippen LogP contribution < -0.4 is 0 Å². The van der Waals surface area contributed by atoms with Gasteiger partial charge in [0.2, 0.25) is 0 Å². The highest BCUT2D eigenvalue weighted by atomic mass is 35.5. The molecule has 2 rings (SSSR count). The van der Waals surface area contributed by atoms with Gasteiger partial charge in [0.1, 0.15) is 4.84 Å². The van der Waals surface area contributed by atoms with Gasteiger partial charge in [-0.05, 0) is 22.8 Å². The van der Waals surface area contributed by atoms with Crippen molar-refractivity contribution in [2.75, 3.05) is 0 Å². The molecule has 0 nitrogen and oxygen atoms in total. The molecule has 13 heavy (non-hydrogen) atoms. The van der Waals surface area contributed by atoms with Gasteiger partial charge in [-0.15, -0.1) is 23.2 Å². The van der Waals surface area contributed by atoms with Crippen molar-refractivity contribution in [1.82, 2.24) is 0 Å². The Kier molecular flexibility index (Phi) is 2.43. The summed E-state index contributed by atoms with van der Waals surface area (Å²) in [7, 11) is 0. The molecule has 1 aromatic carbocycles. The summed E-state index contributed by atoms with van der Waals surface area (Å²) in [4.78, 5) is -0.439. The van der Waals surface area contributed by atoms with Gasteiger partial charge >= 0.3 is 0 Å². The van der Waals surface area contributed by atoms with E-state index in [0.29, 0.717) is 0 Å². The first-order valence-electron chi connectivity index (χ1n) is 4.05. The zero-order valence-corrected chi connectivity index (χ0v) is 8.39. The van der Waals surface area contributed by atoms with Gasteiger partial charge in [-0.25, -0.2) is 0 Å². The third-order valence-corrected chi connectivity index (χ3v) is 2.27. The maximum atomic E-state index is 5.68. The SMILES string of the molecule is ClC(Cl)C=C1C=Cc2ccccc21. The van der Waals surface area contributed by atoms with Gasteiger partial charge in [0.05, 0.1) is 0 Å². The molecule has 0 atom stereocenters. The molecule has 0 radical (unpaired) electrons. The van der Waals surface area contributed by atoms with Crippen LogP contribution in [0.25, 0.3) is 11.6 Å². The summed E-state index contributed by atoms with van der Waals surface area (Å²) in [6, 6.07) is 8.17. The van der Waals surface area contributed by atoms with E-state index in [2.05, 4.69) is 18.2 Å². The van der Waals surface area contributed by atoms with Crippen LogP contribution in [0.5, 0.6) is 0 Å². The molecular formula is C11H8Cl2. The van der Waals surface area contributed by atoms with Crippen molar-refractivity contribution in [1.29, 1.82) is 0 Å². The first-order chi connectivity index (χ1) is 6.27. The molecule has 0 aromatic heterocycles. The molecule has 1 aromatic rings. The van der Waals surface area contributed by atoms with Crippen molar-refractivity contribution in [2.45, 2.75) is 4.84 Å². The highest BCUT2D eigenvalue weighted by Gasteiger charge is 2.09. The predicted molar refractivity (Wildman–Crippen MR) is 58.9 cm³/mol. The summed E-state index contributed by atoms with van der Waals surface area (Å²) < 4.78 is 0. The lowest BCUT2D eigenvalue weighted by atomic mass is 10.1. The highest BCUT2D eigenvalue weighted by molar-refractivity contribution is 6.46. The second-order valence-electron chi connectivity index (χ2n) is 2.88. The Hall–Kier alpha value is -0.720. The van der Waals surface area contributed by atoms with Crippen LogP contribution in [0.1, 0.15) is 11.1 Å². The van der Waals surface area contributed by atoms with E-state index in [1.165, 1.54) is 11.1 Å². The molecule has 2 heteroatoms. The van der Waals surface area contributed by atoms with Crippen LogP contribution in [-0.2, 0) is 0 Å². The Morgan fingerprint density at radius 1 is 1.08 bits per heavy atom. The molecule has 0 aliphatic heterocycles. The van der Waals surface area contributed by atoms with Crippen molar-refractivity contribution in [3.05, 3.63) is 47.5 Å². The van der Waals surface area contributed by atoms with Gasteiger partial charge in [0.15, 0.2) is 0 Å². The molecule has 0 heterocycles. The lowest BCUT2D eigenvalue weighted by Gasteiger charge is -2.00. The summed E-state index contributed by atoms with van der Waals surface area (Å²) in [5.74, 6) is 0. The summed E-state index contributed by atoms with van der Waals surface area (Å²) in [6.07, 6.45) is 5.94. The molecule has 0 unspecified atom stereocenters. The van der Waals surface area contributed by atoms with Crippen molar-refractivity contribution in [3.63, 3.8) is 0 Å². The minimum absolute atomic E-state index is 0.439. The Bertz CT molecular complexity index is 375. The molecule has 66 valence electrons. The van der Waals surface area contributed by atoms with Gasteiger partial charge < -0.3 is 0 Å². The molecular weight excluding hydrogens is 203 g/mol. The molecule has 0 amide bonds. The molecule has 0 fully saturated rings. The van der Waals surface area contributed by atoms with Crippen LogP contribution in [0.4, 0.5) is 0 Å². The van der Waals surface area contributed by atoms with Crippen molar-refractivity contribution in [3.8, 4) is 0 Å². The lowest BCUT2D eigenvalue weighted by molar-refractivity contribution is 1.56. The first-order valence-corrected chi connectivity index (χ1v) is 4.92. The van der Waals surface area contributed by atoms with E-state index in [-0.39, 0.29) is 0 Å². The van der Waals surface area contributed by atoms with Gasteiger partial charge in [0, 0.05) is 0 Å². The van der Waals surface area contributed by atoms with Crippen LogP contribution in [-0.4, -0.2) is 4.84 Å². The van der Waals surface area contributed by atoms with E-state index < -0.39 is 4.84 Å². The van der Waals surface area contributed by atoms with Crippen LogP contribution in [0.3, 0.4) is 0 Å². The van der Waals surface area contributed by atoms with Crippen molar-refractivity contribution in [2.24, 2.45) is 0 Å². The molecule has 0 saturated carbocycles. The molecule has 0 saturated heterocycles. The predicted octanol–water partition coefficient (Wildman–Crippen LogP) is 3.90. The second kappa shape index (κ2) is 3.57. The van der Waals surface area contributed by atoms with Gasteiger partial charge in [-0.2, -0.15) is 0 Å². The number of benzene rings is 1. The van der Waals surface area contributed by atoms with Gasteiger partial charge in [0.25, 0.3) is 0 Å². The summed E-state index contributed by atoms with van der Waals surface area (Å²) in [6.45, 7) is 0. The van der Waals surface area contributed by atoms with Crippen LogP contribution in [0.2, 0.25) is 0 Å². The Morgan fingerprint density at radius 2 is 1.85 bits per heavy atom. The fourth-order valence-corrected chi connectivity index (χ4v) is 1.73. The number of alkyl halides is 2. The quantitative estimate of drug-likeness (QED) is 0.618. The van der Waals surface area contributed by atoms with E-state index in [1.54, 1.807) is 0 Å². The average molecular weight is 211 g/mol. The number of hydrogen-bond donors (Lipinski definition) is 0. The number of halogens is 2. The molecule has 1 aliphatic carbocycles. The topological polar surface area (TPSA) is 0 Å². The minimum Gasteiger partial charge on any atom is -0.101 e. The summed E-state index contributed by atoms with van der Waals surface area (Å²) in [5.41, 5.74) is 3.53. The summed E-state index contributed by atoms with van der Waals surface area (Å²) in [5, 5.41) is 0. The second-order valence-corrected chi connectivity index (χ2v) is 4.04. The standard InChI is InChI=1S/C11H8Cl2/c12-11(13)7-9-6-5-8-3-1-2-4-10(8)9/h1-7,11H. The fraction of sp³-hybridized carbons (Fsp3) is 0.0909. The molecule has 0 spiro atoms. The maximum absolute atomic E-state index is 5.68. The zero-order chi connectivity index (χ0) is 9.26. The minimum atomic E-state index is -0.439. The molecule has 1 aliphatic rings. The number of hydrogen-bond acceptors (Lipinski definition) is 0. The molecule has 0 bridgehead atoms. The monoisotopic (exact) mass is 210 g/mol. The van der Waals surface area contributed by atoms with E-state index in [9.17, 15) is 0 Å². The number of allylic oxidation sites excluding steroid dienone is 3. The molecule has 0 N–H and O–H groups in total. The zero-order valence-electron chi connectivity index (χ0n) is 6.87. The van der Waals surface area contributed by atoms with E-state index in [0.717, 1.165) is 5.57 Å². The van der Waals surface area contributed by atoms with E-state index in [4.69, 9.17) is 23.2 Å². The number of rotatable bonds is 1. The highest BCUT2D eigenvalue weighted by Crippen LogP contribution is 2.29. The maximum Gasteiger partial charge on any atom is 0.126 e. The van der Waals surface area contributed by atoms with E-state index >= 15 is 0 Å². The largest absolute Gasteiger partial charge is 0.126 e. The third kappa shape index (κ3) is 1.79. The first kappa shape index (κ1) is 8.86.